The molecule has 0 atom stereocenters. The molecule has 8 heteroatoms. The molecule has 0 unspecified atom stereocenters. The van der Waals surface area contributed by atoms with Gasteiger partial charge in [0.25, 0.3) is 0 Å². The molecule has 0 fully saturated rings. The number of unbranched alkanes of at least 4 members (excludes halogenated alkanes) is 2. The van der Waals surface area contributed by atoms with Gasteiger partial charge in [0.15, 0.2) is 0 Å². The molecule has 5 nitrogen and oxygen atoms in total. The average molecular weight is 368 g/mol. The van der Waals surface area contributed by atoms with Crippen molar-refractivity contribution in [3.05, 3.63) is 0 Å². The molecule has 0 aliphatic rings. The van der Waals surface area contributed by atoms with E-state index in [1.807, 2.05) is 0 Å². The van der Waals surface area contributed by atoms with Crippen molar-refractivity contribution in [3.8, 4) is 0 Å². The zero-order valence-corrected chi connectivity index (χ0v) is 17.2. The van der Waals surface area contributed by atoms with Gasteiger partial charge in [-0.3, -0.25) is 0 Å². The Hall–Kier alpha value is 1.61. The second kappa shape index (κ2) is 42.8. The fraction of sp³-hybridized carbons (Fsp3) is 1.00. The molecule has 0 saturated carbocycles. The Morgan fingerprint density at radius 2 is 1.10 bits per heavy atom. The van der Waals surface area contributed by atoms with Crippen LogP contribution in [0.2, 0.25) is 0 Å². The summed E-state index contributed by atoms with van der Waals surface area (Å²) in [7, 11) is 0. The molecule has 1 radical (unpaired) electrons. The largest absolute Gasteiger partial charge is 1.00 e. The van der Waals surface area contributed by atoms with Crippen molar-refractivity contribution in [1.82, 2.24) is 10.6 Å². The van der Waals surface area contributed by atoms with Crippen LogP contribution >= 0.6 is 12.4 Å². The first-order chi connectivity index (χ1) is 7.83. The second-order valence-corrected chi connectivity index (χ2v) is 3.65. The third-order valence-electron chi connectivity index (χ3n) is 1.99. The van der Waals surface area contributed by atoms with Gasteiger partial charge in [-0.1, -0.05) is 26.7 Å². The van der Waals surface area contributed by atoms with Crippen molar-refractivity contribution >= 4 is 12.4 Å². The number of halogens is 1. The van der Waals surface area contributed by atoms with Crippen LogP contribution in [0.3, 0.4) is 0 Å². The standard InChI is InChI=1S/C8H19N.C4H11NO2.ClH.Mn.Na.H2O.H/c1-3-5-7-9-8-6-4-2;6-3-1-5-2-4-7;;;;;/h9H,3-8H2,1-2H3;5-7H,1-4H2;1H;;;1H2;/q;;;;+1;;-1. The third-order valence-corrected chi connectivity index (χ3v) is 1.99. The summed E-state index contributed by atoms with van der Waals surface area (Å²) in [6.45, 7) is 8.27. The van der Waals surface area contributed by atoms with Gasteiger partial charge in [-0.25, -0.2) is 0 Å². The van der Waals surface area contributed by atoms with Gasteiger partial charge in [0, 0.05) is 30.2 Å². The number of aliphatic hydroxyl groups excluding tert-OH is 2. The number of nitrogens with one attached hydrogen (secondary N) is 2. The van der Waals surface area contributed by atoms with Crippen LogP contribution in [0.4, 0.5) is 0 Å². The summed E-state index contributed by atoms with van der Waals surface area (Å²) < 4.78 is 0. The monoisotopic (exact) mass is 367 g/mol. The fourth-order valence-corrected chi connectivity index (χ4v) is 1.01. The minimum absolute atomic E-state index is 0. The molecule has 0 amide bonds. The first-order valence-corrected chi connectivity index (χ1v) is 6.46. The van der Waals surface area contributed by atoms with E-state index in [0.717, 1.165) is 0 Å². The van der Waals surface area contributed by atoms with Crippen molar-refractivity contribution in [2.75, 3.05) is 39.4 Å². The predicted molar refractivity (Wildman–Crippen MR) is 81.7 cm³/mol. The molecule has 0 saturated heterocycles. The molecule has 0 aliphatic carbocycles. The smallest absolute Gasteiger partial charge is 1.00 e. The summed E-state index contributed by atoms with van der Waals surface area (Å²) in [6, 6.07) is 0. The fourth-order valence-electron chi connectivity index (χ4n) is 1.01. The summed E-state index contributed by atoms with van der Waals surface area (Å²) in [5, 5.41) is 22.5. The molecule has 0 aromatic rings. The molecule has 0 heterocycles. The summed E-state index contributed by atoms with van der Waals surface area (Å²) in [5.74, 6) is 0. The van der Waals surface area contributed by atoms with E-state index < -0.39 is 0 Å². The molecular weight excluding hydrogens is 334 g/mol. The van der Waals surface area contributed by atoms with Gasteiger partial charge in [0.2, 0.25) is 0 Å². The Balaban J connectivity index is -0.0000000307. The number of hydrogen-bond donors (Lipinski definition) is 4. The topological polar surface area (TPSA) is 96.0 Å². The predicted octanol–water partition coefficient (Wildman–Crippen LogP) is -2.55. The Kier molecular flexibility index (Phi) is 80.6. The molecule has 0 spiro atoms. The summed E-state index contributed by atoms with van der Waals surface area (Å²) in [6.07, 6.45) is 5.26. The van der Waals surface area contributed by atoms with Gasteiger partial charge < -0.3 is 27.7 Å². The maximum absolute atomic E-state index is 8.15. The SMILES string of the molecule is CCCCNCCCC.Cl.O.OCCNCCO.[H-].[Mn].[Na+]. The first kappa shape index (κ1) is 37.7. The van der Waals surface area contributed by atoms with E-state index in [0.29, 0.717) is 13.1 Å². The maximum atomic E-state index is 8.15. The van der Waals surface area contributed by atoms with Crippen LogP contribution < -0.4 is 40.2 Å². The van der Waals surface area contributed by atoms with Crippen molar-refractivity contribution in [2.24, 2.45) is 0 Å². The van der Waals surface area contributed by atoms with Crippen LogP contribution in [0.1, 0.15) is 41.0 Å². The minimum Gasteiger partial charge on any atom is -1.00 e. The normalized spacial score (nSPS) is 7.80. The molecule has 125 valence electrons. The van der Waals surface area contributed by atoms with Crippen molar-refractivity contribution in [3.63, 3.8) is 0 Å². The van der Waals surface area contributed by atoms with Crippen LogP contribution in [0.5, 0.6) is 0 Å². The molecule has 6 N–H and O–H groups in total. The Morgan fingerprint density at radius 3 is 1.35 bits per heavy atom. The van der Waals surface area contributed by atoms with Gasteiger partial charge in [-0.2, -0.15) is 0 Å². The quantitative estimate of drug-likeness (QED) is 0.252. The van der Waals surface area contributed by atoms with Crippen molar-refractivity contribution in [1.29, 1.82) is 0 Å². The van der Waals surface area contributed by atoms with Gasteiger partial charge in [-0.05, 0) is 25.9 Å². The van der Waals surface area contributed by atoms with E-state index in [1.54, 1.807) is 0 Å². The minimum atomic E-state index is 0. The molecule has 0 rings (SSSR count). The summed E-state index contributed by atoms with van der Waals surface area (Å²) >= 11 is 0. The molecule has 20 heavy (non-hydrogen) atoms. The van der Waals surface area contributed by atoms with Crippen LogP contribution in [0.15, 0.2) is 0 Å². The maximum Gasteiger partial charge on any atom is 1.00 e. The van der Waals surface area contributed by atoms with Crippen LogP contribution in [0, 0.1) is 0 Å². The summed E-state index contributed by atoms with van der Waals surface area (Å²) in [5.41, 5.74) is 0. The van der Waals surface area contributed by atoms with Crippen molar-refractivity contribution in [2.45, 2.75) is 39.5 Å². The van der Waals surface area contributed by atoms with Gasteiger partial charge in [0.05, 0.1) is 13.2 Å². The van der Waals surface area contributed by atoms with Gasteiger partial charge in [0.1, 0.15) is 0 Å². The zero-order valence-electron chi connectivity index (χ0n) is 14.3. The molecule has 0 aromatic heterocycles. The van der Waals surface area contributed by atoms with E-state index in [-0.39, 0.29) is 79.1 Å². The first-order valence-electron chi connectivity index (χ1n) is 6.46. The van der Waals surface area contributed by atoms with Gasteiger partial charge in [-0.15, -0.1) is 12.4 Å². The number of rotatable bonds is 10. The van der Waals surface area contributed by atoms with E-state index in [2.05, 4.69) is 24.5 Å². The van der Waals surface area contributed by atoms with Gasteiger partial charge >= 0.3 is 29.6 Å². The summed E-state index contributed by atoms with van der Waals surface area (Å²) in [4.78, 5) is 0. The Bertz CT molecular complexity index is 119. The van der Waals surface area contributed by atoms with E-state index in [4.69, 9.17) is 10.2 Å². The molecule has 0 aromatic carbocycles. The van der Waals surface area contributed by atoms with Crippen LogP contribution in [-0.2, 0) is 17.1 Å². The van der Waals surface area contributed by atoms with E-state index in [1.165, 1.54) is 38.8 Å². The zero-order chi connectivity index (χ0) is 12.5. The second-order valence-electron chi connectivity index (χ2n) is 3.65. The average Bonchev–Trinajstić information content (AvgIpc) is 2.31. The van der Waals surface area contributed by atoms with Crippen LogP contribution in [0.25, 0.3) is 0 Å². The molecular formula is C12H34ClMnN2NaO3. The van der Waals surface area contributed by atoms with E-state index in [9.17, 15) is 0 Å². The third kappa shape index (κ3) is 50.4. The number of aliphatic hydroxyl groups is 2. The molecule has 0 bridgehead atoms. The molecule has 0 aliphatic heterocycles. The number of hydrogen-bond acceptors (Lipinski definition) is 4. The van der Waals surface area contributed by atoms with E-state index >= 15 is 0 Å². The van der Waals surface area contributed by atoms with Crippen LogP contribution in [-0.4, -0.2) is 55.1 Å². The van der Waals surface area contributed by atoms with Crippen molar-refractivity contribution < 1.29 is 63.7 Å². The Labute approximate surface area is 165 Å². The Morgan fingerprint density at radius 1 is 0.800 bits per heavy atom.